The molecule has 8 heteroatoms. The van der Waals surface area contributed by atoms with Crippen LogP contribution in [0.4, 0.5) is 4.79 Å². The van der Waals surface area contributed by atoms with Gasteiger partial charge >= 0.3 is 12.1 Å². The lowest BCUT2D eigenvalue weighted by Crippen LogP contribution is -2.36. The molecule has 2 amide bonds. The van der Waals surface area contributed by atoms with Crippen LogP contribution in [0.1, 0.15) is 43.2 Å². The van der Waals surface area contributed by atoms with E-state index in [1.807, 2.05) is 31.2 Å². The average molecular weight is 471 g/mol. The molecule has 1 aliphatic carbocycles. The van der Waals surface area contributed by atoms with Gasteiger partial charge in [0.15, 0.2) is 0 Å². The highest BCUT2D eigenvalue weighted by molar-refractivity contribution is 7.99. The van der Waals surface area contributed by atoms with E-state index in [-0.39, 0.29) is 36.6 Å². The van der Waals surface area contributed by atoms with E-state index in [1.54, 1.807) is 0 Å². The molecule has 0 bridgehead atoms. The minimum absolute atomic E-state index is 0.0221. The summed E-state index contributed by atoms with van der Waals surface area (Å²) in [4.78, 5) is 34.8. The van der Waals surface area contributed by atoms with Crippen molar-refractivity contribution < 1.29 is 24.2 Å². The molecule has 176 valence electrons. The number of carbonyl (C=O) groups excluding carboxylic acids is 2. The summed E-state index contributed by atoms with van der Waals surface area (Å²) in [5.41, 5.74) is 4.71. The number of rotatable bonds is 12. The molecule has 0 fully saturated rings. The zero-order valence-electron chi connectivity index (χ0n) is 18.7. The first-order valence-corrected chi connectivity index (χ1v) is 12.3. The SMILES string of the molecule is CCC(CCC(=O)O)NC(=O)CSCCNC(=O)OCC1c2ccccc2-c2ccccc21. The standard InChI is InChI=1S/C25H30N2O5S/c1-2-17(11-12-24(29)30)27-23(28)16-33-14-13-26-25(31)32-15-22-20-9-5-3-7-18(20)19-8-4-6-10-21(19)22/h3-10,17,22H,2,11-16H2,1H3,(H,26,31)(H,27,28)(H,29,30). The van der Waals surface area contributed by atoms with Crippen molar-refractivity contribution in [1.29, 1.82) is 0 Å². The molecule has 0 aromatic heterocycles. The molecule has 0 radical (unpaired) electrons. The number of hydrogen-bond acceptors (Lipinski definition) is 5. The van der Waals surface area contributed by atoms with E-state index in [0.717, 1.165) is 0 Å². The molecule has 0 saturated carbocycles. The molecule has 0 saturated heterocycles. The van der Waals surface area contributed by atoms with Crippen LogP contribution < -0.4 is 10.6 Å². The molecular formula is C25H30N2O5S. The first-order chi connectivity index (χ1) is 16.0. The predicted molar refractivity (Wildman–Crippen MR) is 129 cm³/mol. The van der Waals surface area contributed by atoms with Crippen molar-refractivity contribution in [2.75, 3.05) is 24.7 Å². The molecule has 2 aromatic rings. The number of amides is 2. The third kappa shape index (κ3) is 6.99. The highest BCUT2D eigenvalue weighted by Crippen LogP contribution is 2.44. The van der Waals surface area contributed by atoms with Gasteiger partial charge in [0.25, 0.3) is 0 Å². The van der Waals surface area contributed by atoms with Gasteiger partial charge in [-0.15, -0.1) is 0 Å². The monoisotopic (exact) mass is 470 g/mol. The molecule has 7 nitrogen and oxygen atoms in total. The number of aliphatic carboxylic acids is 1. The summed E-state index contributed by atoms with van der Waals surface area (Å²) in [5, 5.41) is 14.4. The number of carboxylic acids is 1. The van der Waals surface area contributed by atoms with Crippen molar-refractivity contribution in [2.45, 2.75) is 38.1 Å². The first-order valence-electron chi connectivity index (χ1n) is 11.2. The van der Waals surface area contributed by atoms with Gasteiger partial charge < -0.3 is 20.5 Å². The van der Waals surface area contributed by atoms with Crippen LogP contribution in [0, 0.1) is 0 Å². The maximum absolute atomic E-state index is 12.2. The third-order valence-electron chi connectivity index (χ3n) is 5.66. The smallest absolute Gasteiger partial charge is 0.407 e. The fraction of sp³-hybridized carbons (Fsp3) is 0.400. The number of benzene rings is 2. The molecular weight excluding hydrogens is 440 g/mol. The zero-order chi connectivity index (χ0) is 23.6. The lowest BCUT2D eigenvalue weighted by Gasteiger charge is -2.16. The molecule has 0 spiro atoms. The van der Waals surface area contributed by atoms with Crippen LogP contribution in [0.5, 0.6) is 0 Å². The second-order valence-electron chi connectivity index (χ2n) is 7.91. The molecule has 2 aromatic carbocycles. The maximum atomic E-state index is 12.2. The van der Waals surface area contributed by atoms with Gasteiger partial charge in [-0.1, -0.05) is 55.5 Å². The van der Waals surface area contributed by atoms with Crippen molar-refractivity contribution in [2.24, 2.45) is 0 Å². The Kier molecular flexibility index (Phi) is 9.18. The molecule has 1 unspecified atom stereocenters. The summed E-state index contributed by atoms with van der Waals surface area (Å²) in [6, 6.07) is 16.2. The van der Waals surface area contributed by atoms with E-state index >= 15 is 0 Å². The van der Waals surface area contributed by atoms with E-state index < -0.39 is 12.1 Å². The number of thioether (sulfide) groups is 1. The largest absolute Gasteiger partial charge is 0.481 e. The van der Waals surface area contributed by atoms with Crippen LogP contribution >= 0.6 is 11.8 Å². The Morgan fingerprint density at radius 3 is 2.30 bits per heavy atom. The number of carbonyl (C=O) groups is 3. The Hall–Kier alpha value is -3.00. The van der Waals surface area contributed by atoms with Crippen LogP contribution in [-0.2, 0) is 14.3 Å². The molecule has 0 aliphatic heterocycles. The normalized spacial score (nSPS) is 13.0. The minimum atomic E-state index is -0.864. The summed E-state index contributed by atoms with van der Waals surface area (Å²) < 4.78 is 5.49. The van der Waals surface area contributed by atoms with E-state index in [2.05, 4.69) is 34.9 Å². The van der Waals surface area contributed by atoms with Crippen LogP contribution in [-0.4, -0.2) is 53.8 Å². The van der Waals surface area contributed by atoms with Gasteiger partial charge in [-0.05, 0) is 35.1 Å². The second-order valence-corrected chi connectivity index (χ2v) is 9.02. The van der Waals surface area contributed by atoms with Gasteiger partial charge in [-0.2, -0.15) is 11.8 Å². The van der Waals surface area contributed by atoms with Gasteiger partial charge in [-0.25, -0.2) is 4.79 Å². The van der Waals surface area contributed by atoms with Crippen molar-refractivity contribution >= 4 is 29.7 Å². The number of fused-ring (bicyclic) bond motifs is 3. The summed E-state index contributed by atoms with van der Waals surface area (Å²) in [6.45, 7) is 2.58. The molecule has 3 rings (SSSR count). The summed E-state index contributed by atoms with van der Waals surface area (Å²) >= 11 is 1.41. The van der Waals surface area contributed by atoms with E-state index in [4.69, 9.17) is 9.84 Å². The van der Waals surface area contributed by atoms with Gasteiger partial charge in [-0.3, -0.25) is 9.59 Å². The highest BCUT2D eigenvalue weighted by Gasteiger charge is 2.28. The van der Waals surface area contributed by atoms with E-state index in [1.165, 1.54) is 34.0 Å². The molecule has 3 N–H and O–H groups in total. The second kappa shape index (κ2) is 12.3. The number of ether oxygens (including phenoxy) is 1. The molecule has 1 atom stereocenters. The van der Waals surface area contributed by atoms with Gasteiger partial charge in [0.2, 0.25) is 5.91 Å². The van der Waals surface area contributed by atoms with Crippen LogP contribution in [0.15, 0.2) is 48.5 Å². The van der Waals surface area contributed by atoms with Crippen molar-refractivity contribution in [3.8, 4) is 11.1 Å². The summed E-state index contributed by atoms with van der Waals surface area (Å²) in [7, 11) is 0. The lowest BCUT2D eigenvalue weighted by molar-refractivity contribution is -0.137. The highest BCUT2D eigenvalue weighted by atomic mass is 32.2. The topological polar surface area (TPSA) is 105 Å². The third-order valence-corrected chi connectivity index (χ3v) is 6.62. The maximum Gasteiger partial charge on any atom is 0.407 e. The number of alkyl carbamates (subject to hydrolysis) is 1. The predicted octanol–water partition coefficient (Wildman–Crippen LogP) is 4.02. The van der Waals surface area contributed by atoms with E-state index in [9.17, 15) is 14.4 Å². The summed E-state index contributed by atoms with van der Waals surface area (Å²) in [5.74, 6) is -0.136. The Morgan fingerprint density at radius 1 is 1.06 bits per heavy atom. The summed E-state index contributed by atoms with van der Waals surface area (Å²) in [6.07, 6.45) is 0.677. The quantitative estimate of drug-likeness (QED) is 0.405. The molecule has 33 heavy (non-hydrogen) atoms. The van der Waals surface area contributed by atoms with Gasteiger partial charge in [0.1, 0.15) is 6.61 Å². The molecule has 0 heterocycles. The Labute approximate surface area is 198 Å². The Balaban J connectivity index is 1.35. The zero-order valence-corrected chi connectivity index (χ0v) is 19.5. The minimum Gasteiger partial charge on any atom is -0.481 e. The number of nitrogens with one attached hydrogen (secondary N) is 2. The van der Waals surface area contributed by atoms with Crippen molar-refractivity contribution in [3.05, 3.63) is 59.7 Å². The fourth-order valence-electron chi connectivity index (χ4n) is 3.98. The average Bonchev–Trinajstić information content (AvgIpc) is 3.13. The lowest BCUT2D eigenvalue weighted by atomic mass is 9.98. The Bertz CT molecular complexity index is 935. The van der Waals surface area contributed by atoms with Crippen molar-refractivity contribution in [1.82, 2.24) is 10.6 Å². The molecule has 1 aliphatic rings. The van der Waals surface area contributed by atoms with Gasteiger partial charge in [0.05, 0.1) is 5.75 Å². The fourth-order valence-corrected chi connectivity index (χ4v) is 4.64. The Morgan fingerprint density at radius 2 is 1.70 bits per heavy atom. The number of hydrogen-bond donors (Lipinski definition) is 3. The number of carboxylic acid groups (broad SMARTS) is 1. The van der Waals surface area contributed by atoms with Crippen molar-refractivity contribution in [3.63, 3.8) is 0 Å². The van der Waals surface area contributed by atoms with Crippen LogP contribution in [0.3, 0.4) is 0 Å². The first kappa shape index (κ1) is 24.6. The van der Waals surface area contributed by atoms with Gasteiger partial charge in [0, 0.05) is 30.7 Å². The van der Waals surface area contributed by atoms with Crippen LogP contribution in [0.2, 0.25) is 0 Å². The van der Waals surface area contributed by atoms with Crippen LogP contribution in [0.25, 0.3) is 11.1 Å². The van der Waals surface area contributed by atoms with E-state index in [0.29, 0.717) is 25.1 Å².